The summed E-state index contributed by atoms with van der Waals surface area (Å²) in [7, 11) is -4.61. The van der Waals surface area contributed by atoms with Crippen molar-refractivity contribution in [2.75, 3.05) is 0 Å². The van der Waals surface area contributed by atoms with Crippen molar-refractivity contribution in [2.24, 2.45) is 0 Å². The number of nitrogens with one attached hydrogen (secondary N) is 1. The number of nitrogens with zero attached hydrogens (tertiary/aromatic N) is 3. The van der Waals surface area contributed by atoms with E-state index in [1.54, 1.807) is 5.21 Å². The Labute approximate surface area is 60.5 Å². The van der Waals surface area contributed by atoms with E-state index >= 15 is 0 Å². The van der Waals surface area contributed by atoms with E-state index in [-0.39, 0.29) is 4.09 Å². The van der Waals surface area contributed by atoms with E-state index in [2.05, 4.69) is 22.5 Å². The Balaban J connectivity index is 3.47. The fourth-order valence-corrected chi connectivity index (χ4v) is 1.05. The predicted octanol–water partition coefficient (Wildman–Crippen LogP) is -1.36. The summed E-state index contributed by atoms with van der Waals surface area (Å²) in [6, 6.07) is 0. The first kappa shape index (κ1) is 7.31. The van der Waals surface area contributed by atoms with Gasteiger partial charge in [0.2, 0.25) is 10.3 Å². The van der Waals surface area contributed by atoms with Gasteiger partial charge in [0.15, 0.2) is 0 Å². The molecule has 0 spiro atoms. The van der Waals surface area contributed by atoms with Gasteiger partial charge in [0.05, 0.1) is 0 Å². The lowest BCUT2D eigenvalue weighted by molar-refractivity contribution is 0.444. The third kappa shape index (κ3) is 1.20. The molecule has 0 aliphatic rings. The lowest BCUT2D eigenvalue weighted by Gasteiger charge is -2.03. The quantitative estimate of drug-likeness (QED) is 0.424. The van der Waals surface area contributed by atoms with Gasteiger partial charge >= 0.3 is 0 Å². The van der Waals surface area contributed by atoms with Gasteiger partial charge in [-0.15, -0.1) is 4.09 Å². The molecule has 0 unspecified atom stereocenters. The van der Waals surface area contributed by atoms with Crippen LogP contribution in [0.25, 0.3) is 0 Å². The third-order valence-corrected chi connectivity index (χ3v) is 1.75. The number of tetrazole rings is 1. The molecule has 56 valence electrons. The van der Waals surface area contributed by atoms with Crippen LogP contribution in [0.5, 0.6) is 0 Å². The number of hydrogen-bond donors (Lipinski definition) is 1. The first-order valence-corrected chi connectivity index (χ1v) is 3.75. The maximum atomic E-state index is 10.1. The zero-order valence-electron chi connectivity index (χ0n) is 4.38. The van der Waals surface area contributed by atoms with Crippen molar-refractivity contribution in [3.05, 3.63) is 4.77 Å². The fourth-order valence-electron chi connectivity index (χ4n) is 0.335. The van der Waals surface area contributed by atoms with E-state index < -0.39 is 15.1 Å². The molecule has 7 nitrogen and oxygen atoms in total. The Kier molecular flexibility index (Phi) is 1.54. The summed E-state index contributed by atoms with van der Waals surface area (Å²) in [5.74, 6) is 0. The van der Waals surface area contributed by atoms with Crippen LogP contribution in [0, 0.1) is 4.77 Å². The van der Waals surface area contributed by atoms with Crippen molar-refractivity contribution in [3.63, 3.8) is 0 Å². The van der Waals surface area contributed by atoms with Gasteiger partial charge in [-0.3, -0.25) is 0 Å². The summed E-state index contributed by atoms with van der Waals surface area (Å²) in [6.07, 6.45) is 0. The number of aromatic amines is 1. The van der Waals surface area contributed by atoms with Crippen LogP contribution in [-0.4, -0.2) is 32.6 Å². The van der Waals surface area contributed by atoms with Crippen LogP contribution in [0.3, 0.4) is 0 Å². The topological polar surface area (TPSA) is 104 Å². The van der Waals surface area contributed by atoms with Crippen LogP contribution < -0.4 is 0 Å². The molecule has 0 aliphatic carbocycles. The molecule has 0 bridgehead atoms. The van der Waals surface area contributed by atoms with E-state index in [1.165, 1.54) is 0 Å². The van der Waals surface area contributed by atoms with E-state index in [4.69, 9.17) is 0 Å². The molecule has 0 fully saturated rings. The van der Waals surface area contributed by atoms with E-state index in [0.717, 1.165) is 0 Å². The highest BCUT2D eigenvalue weighted by molar-refractivity contribution is 7.84. The standard InChI is InChI=1S/CH2N4O3S2/c6-10(7,8)5-1(9)2-3-4-5/h(H,2,4,9)(H,6,7,8)/p-1. The molecule has 0 radical (unpaired) electrons. The number of aromatic nitrogens is 4. The smallest absolute Gasteiger partial charge is 0.251 e. The third-order valence-electron chi connectivity index (χ3n) is 0.668. The summed E-state index contributed by atoms with van der Waals surface area (Å²) in [4.78, 5) is 0. The average Bonchev–Trinajstić information content (AvgIpc) is 2.11. The van der Waals surface area contributed by atoms with Crippen molar-refractivity contribution in [1.29, 1.82) is 0 Å². The van der Waals surface area contributed by atoms with Gasteiger partial charge in [-0.05, 0) is 17.4 Å². The first-order chi connectivity index (χ1) is 4.52. The van der Waals surface area contributed by atoms with Crippen LogP contribution >= 0.6 is 12.2 Å². The number of hydrogen-bond acceptors (Lipinski definition) is 6. The highest BCUT2D eigenvalue weighted by atomic mass is 32.2. The molecule has 0 atom stereocenters. The zero-order chi connectivity index (χ0) is 7.78. The minimum atomic E-state index is -4.61. The molecule has 0 aromatic carbocycles. The molecule has 0 saturated carbocycles. The lowest BCUT2D eigenvalue weighted by atomic mass is 11.4. The van der Waals surface area contributed by atoms with Crippen molar-refractivity contribution >= 4 is 22.5 Å². The van der Waals surface area contributed by atoms with Crippen molar-refractivity contribution in [2.45, 2.75) is 0 Å². The van der Waals surface area contributed by atoms with Crippen molar-refractivity contribution in [3.8, 4) is 0 Å². The molecule has 0 amide bonds. The van der Waals surface area contributed by atoms with Gasteiger partial charge in [0, 0.05) is 0 Å². The van der Waals surface area contributed by atoms with Crippen molar-refractivity contribution in [1.82, 2.24) is 19.6 Å². The SMILES string of the molecule is O=S(=O)([O-])n1[nH]nnc1=S. The maximum absolute atomic E-state index is 10.1. The molecular weight excluding hydrogens is 180 g/mol. The predicted molar refractivity (Wildman–Crippen MR) is 30.3 cm³/mol. The zero-order valence-corrected chi connectivity index (χ0v) is 6.02. The summed E-state index contributed by atoms with van der Waals surface area (Å²) in [5, 5.41) is 7.87. The molecule has 9 heteroatoms. The van der Waals surface area contributed by atoms with E-state index in [9.17, 15) is 13.0 Å². The van der Waals surface area contributed by atoms with E-state index in [1.807, 2.05) is 0 Å². The Morgan fingerprint density at radius 2 is 2.30 bits per heavy atom. The van der Waals surface area contributed by atoms with Gasteiger partial charge in [-0.1, -0.05) is 5.10 Å². The second kappa shape index (κ2) is 2.11. The molecule has 0 saturated heterocycles. The lowest BCUT2D eigenvalue weighted by Crippen LogP contribution is -2.12. The minimum Gasteiger partial charge on any atom is -0.729 e. The minimum absolute atomic E-state index is 0.155. The van der Waals surface area contributed by atoms with Crippen LogP contribution in [0.1, 0.15) is 0 Å². The van der Waals surface area contributed by atoms with Gasteiger partial charge in [0.1, 0.15) is 0 Å². The summed E-state index contributed by atoms with van der Waals surface area (Å²) < 4.78 is 30.2. The highest BCUT2D eigenvalue weighted by Gasteiger charge is 1.99. The molecule has 1 aromatic rings. The van der Waals surface area contributed by atoms with Crippen LogP contribution in [0.4, 0.5) is 0 Å². The maximum Gasteiger partial charge on any atom is 0.251 e. The number of H-pyrrole nitrogens is 1. The van der Waals surface area contributed by atoms with E-state index in [0.29, 0.717) is 0 Å². The molecule has 1 rings (SSSR count). The number of rotatable bonds is 1. The van der Waals surface area contributed by atoms with Crippen LogP contribution in [0.2, 0.25) is 0 Å². The molecule has 1 aromatic heterocycles. The van der Waals surface area contributed by atoms with Gasteiger partial charge in [-0.25, -0.2) is 8.42 Å². The van der Waals surface area contributed by atoms with Gasteiger partial charge < -0.3 is 4.55 Å². The molecule has 1 N–H and O–H groups in total. The average molecular weight is 181 g/mol. The Bertz CT molecular complexity index is 371. The summed E-state index contributed by atoms with van der Waals surface area (Å²) in [6.45, 7) is 0. The van der Waals surface area contributed by atoms with Crippen LogP contribution in [-0.2, 0) is 10.3 Å². The monoisotopic (exact) mass is 181 g/mol. The second-order valence-electron chi connectivity index (χ2n) is 1.30. The molecule has 1 heterocycles. The van der Waals surface area contributed by atoms with Crippen molar-refractivity contribution < 1.29 is 13.0 Å². The molecule has 10 heavy (non-hydrogen) atoms. The second-order valence-corrected chi connectivity index (χ2v) is 2.89. The summed E-state index contributed by atoms with van der Waals surface area (Å²) in [5.41, 5.74) is 0. The Hall–Kier alpha value is -0.800. The molecular formula is CHN4O3S2-. The highest BCUT2D eigenvalue weighted by Crippen LogP contribution is 1.86. The fraction of sp³-hybridized carbons (Fsp3) is 0. The summed E-state index contributed by atoms with van der Waals surface area (Å²) >= 11 is 4.31. The Morgan fingerprint density at radius 1 is 1.70 bits per heavy atom. The Morgan fingerprint density at radius 3 is 2.50 bits per heavy atom. The molecule has 0 aliphatic heterocycles. The first-order valence-electron chi connectivity index (χ1n) is 1.98. The van der Waals surface area contributed by atoms with Gasteiger partial charge in [0.25, 0.3) is 4.77 Å². The normalized spacial score (nSPS) is 11.7. The van der Waals surface area contributed by atoms with Gasteiger partial charge in [-0.2, -0.15) is 5.21 Å². The largest absolute Gasteiger partial charge is 0.729 e. The van der Waals surface area contributed by atoms with Crippen LogP contribution in [0.15, 0.2) is 0 Å².